The maximum atomic E-state index is 13.3. The summed E-state index contributed by atoms with van der Waals surface area (Å²) >= 11 is 0. The molecule has 0 bridgehead atoms. The molecule has 0 saturated heterocycles. The number of anilines is 1. The van der Waals surface area contributed by atoms with E-state index in [9.17, 15) is 13.2 Å². The maximum Gasteiger partial charge on any atom is 0.258 e. The van der Waals surface area contributed by atoms with E-state index in [1.165, 1.54) is 5.41 Å². The van der Waals surface area contributed by atoms with Crippen molar-refractivity contribution in [2.75, 3.05) is 10.7 Å². The second-order valence-corrected chi connectivity index (χ2v) is 9.29. The van der Waals surface area contributed by atoms with Gasteiger partial charge in [-0.2, -0.15) is 0 Å². The van der Waals surface area contributed by atoms with Crippen LogP contribution in [0.15, 0.2) is 53.9 Å². The number of sulfone groups is 1. The Kier molecular flexibility index (Phi) is 5.61. The number of hydrogen-bond donors (Lipinski definition) is 0. The van der Waals surface area contributed by atoms with Crippen molar-refractivity contribution in [2.45, 2.75) is 39.8 Å². The molecule has 6 heteroatoms. The van der Waals surface area contributed by atoms with Crippen LogP contribution in [-0.2, 0) is 9.84 Å². The van der Waals surface area contributed by atoms with Crippen LogP contribution >= 0.6 is 0 Å². The van der Waals surface area contributed by atoms with Gasteiger partial charge in [0.2, 0.25) is 0 Å². The first-order chi connectivity index (χ1) is 13.2. The van der Waals surface area contributed by atoms with Gasteiger partial charge in [0, 0.05) is 16.7 Å². The van der Waals surface area contributed by atoms with Crippen molar-refractivity contribution in [1.29, 1.82) is 0 Å². The van der Waals surface area contributed by atoms with Crippen LogP contribution in [0.1, 0.15) is 35.3 Å². The Labute approximate surface area is 166 Å². The third-order valence-electron chi connectivity index (χ3n) is 4.70. The average molecular weight is 400 g/mol. The molecule has 0 saturated carbocycles. The molecular formula is C22H25NO4S. The van der Waals surface area contributed by atoms with Gasteiger partial charge >= 0.3 is 0 Å². The molecule has 0 fully saturated rings. The van der Waals surface area contributed by atoms with Crippen molar-refractivity contribution >= 4 is 21.4 Å². The van der Waals surface area contributed by atoms with Crippen molar-refractivity contribution in [3.63, 3.8) is 0 Å². The zero-order chi connectivity index (χ0) is 20.5. The van der Waals surface area contributed by atoms with Crippen LogP contribution in [0.5, 0.6) is 5.75 Å². The highest BCUT2D eigenvalue weighted by atomic mass is 32.2. The minimum atomic E-state index is -3.30. The Morgan fingerprint density at radius 1 is 1.07 bits per heavy atom. The van der Waals surface area contributed by atoms with E-state index in [0.29, 0.717) is 17.0 Å². The monoisotopic (exact) mass is 399 g/mol. The lowest BCUT2D eigenvalue weighted by Crippen LogP contribution is -2.41. The van der Waals surface area contributed by atoms with E-state index in [2.05, 4.69) is 0 Å². The van der Waals surface area contributed by atoms with Gasteiger partial charge in [-0.3, -0.25) is 4.79 Å². The predicted molar refractivity (Wildman–Crippen MR) is 112 cm³/mol. The summed E-state index contributed by atoms with van der Waals surface area (Å²) in [4.78, 5) is 14.9. The molecule has 1 atom stereocenters. The Hall–Kier alpha value is -2.60. The smallest absolute Gasteiger partial charge is 0.258 e. The largest absolute Gasteiger partial charge is 0.491 e. The molecule has 0 unspecified atom stereocenters. The summed E-state index contributed by atoms with van der Waals surface area (Å²) in [6, 6.07) is 12.1. The summed E-state index contributed by atoms with van der Waals surface area (Å²) in [6.07, 6.45) is 1.63. The fourth-order valence-electron chi connectivity index (χ4n) is 3.14. The van der Waals surface area contributed by atoms with Crippen LogP contribution in [0.3, 0.4) is 0 Å². The van der Waals surface area contributed by atoms with Crippen molar-refractivity contribution in [1.82, 2.24) is 0 Å². The molecule has 3 rings (SSSR count). The van der Waals surface area contributed by atoms with Crippen LogP contribution in [0.4, 0.5) is 5.69 Å². The zero-order valence-corrected chi connectivity index (χ0v) is 17.4. The third kappa shape index (κ3) is 4.44. The van der Waals surface area contributed by atoms with E-state index in [0.717, 1.165) is 11.1 Å². The molecule has 28 heavy (non-hydrogen) atoms. The predicted octanol–water partition coefficient (Wildman–Crippen LogP) is 4.05. The number of carbonyl (C=O) groups is 1. The number of hydrogen-bond acceptors (Lipinski definition) is 4. The van der Waals surface area contributed by atoms with Crippen LogP contribution in [0, 0.1) is 13.8 Å². The van der Waals surface area contributed by atoms with E-state index in [1.54, 1.807) is 35.2 Å². The van der Waals surface area contributed by atoms with Crippen LogP contribution in [0.25, 0.3) is 0 Å². The van der Waals surface area contributed by atoms with E-state index in [1.807, 2.05) is 45.9 Å². The molecule has 2 aromatic rings. The molecule has 1 aliphatic heterocycles. The normalized spacial score (nSPS) is 17.7. The highest BCUT2D eigenvalue weighted by Gasteiger charge is 2.32. The van der Waals surface area contributed by atoms with Gasteiger partial charge < -0.3 is 9.64 Å². The second kappa shape index (κ2) is 7.80. The van der Waals surface area contributed by atoms with Gasteiger partial charge in [0.05, 0.1) is 17.9 Å². The van der Waals surface area contributed by atoms with Crippen molar-refractivity contribution < 1.29 is 17.9 Å². The fraction of sp³-hybridized carbons (Fsp3) is 0.318. The summed E-state index contributed by atoms with van der Waals surface area (Å²) < 4.78 is 29.6. The number of carbonyl (C=O) groups excluding carboxylic acids is 1. The zero-order valence-electron chi connectivity index (χ0n) is 16.5. The van der Waals surface area contributed by atoms with Gasteiger partial charge in [-0.05, 0) is 81.3 Å². The molecule has 2 aromatic carbocycles. The van der Waals surface area contributed by atoms with Crippen LogP contribution in [0.2, 0.25) is 0 Å². The summed E-state index contributed by atoms with van der Waals surface area (Å²) in [6.45, 7) is 7.85. The van der Waals surface area contributed by atoms with Gasteiger partial charge in [0.1, 0.15) is 5.75 Å². The summed E-state index contributed by atoms with van der Waals surface area (Å²) in [5.74, 6) is 0.332. The van der Waals surface area contributed by atoms with Gasteiger partial charge in [0.15, 0.2) is 9.84 Å². The molecule has 0 spiro atoms. The highest BCUT2D eigenvalue weighted by molar-refractivity contribution is 7.94. The first-order valence-corrected chi connectivity index (χ1v) is 11.0. The minimum absolute atomic E-state index is 0.0439. The van der Waals surface area contributed by atoms with Gasteiger partial charge in [-0.15, -0.1) is 0 Å². The lowest BCUT2D eigenvalue weighted by atomic mass is 10.1. The first-order valence-electron chi connectivity index (χ1n) is 9.25. The first kappa shape index (κ1) is 20.1. The molecule has 0 radical (unpaired) electrons. The lowest BCUT2D eigenvalue weighted by molar-refractivity contribution is 0.0983. The van der Waals surface area contributed by atoms with Crippen molar-refractivity contribution in [2.24, 2.45) is 0 Å². The molecular weight excluding hydrogens is 374 g/mol. The minimum Gasteiger partial charge on any atom is -0.491 e. The Balaban J connectivity index is 1.97. The number of nitrogens with zero attached hydrogens (tertiary/aromatic N) is 1. The summed E-state index contributed by atoms with van der Waals surface area (Å²) in [5, 5.41) is 1.19. The SMILES string of the molecule is Cc1ccc(N(C(=O)c2ccc(OC(C)C)cc2)[C@@H]2C=CS(=O)(=O)C2)cc1C. The second-order valence-electron chi connectivity index (χ2n) is 7.36. The number of amides is 1. The van der Waals surface area contributed by atoms with Crippen LogP contribution in [-0.4, -0.2) is 32.2 Å². The quantitative estimate of drug-likeness (QED) is 0.761. The topological polar surface area (TPSA) is 63.7 Å². The molecule has 0 aromatic heterocycles. The number of aryl methyl sites for hydroxylation is 2. The number of ether oxygens (including phenoxy) is 1. The summed E-state index contributed by atoms with van der Waals surface area (Å²) in [7, 11) is -3.30. The van der Waals surface area contributed by atoms with E-state index >= 15 is 0 Å². The van der Waals surface area contributed by atoms with Gasteiger partial charge in [0.25, 0.3) is 5.91 Å². The van der Waals surface area contributed by atoms with E-state index in [4.69, 9.17) is 4.74 Å². The Bertz CT molecular complexity index is 1010. The number of rotatable bonds is 5. The maximum absolute atomic E-state index is 13.3. The molecule has 0 N–H and O–H groups in total. The molecule has 1 aliphatic rings. The van der Waals surface area contributed by atoms with Crippen molar-refractivity contribution in [3.05, 3.63) is 70.6 Å². The van der Waals surface area contributed by atoms with Gasteiger partial charge in [-0.1, -0.05) is 6.07 Å². The Morgan fingerprint density at radius 2 is 1.75 bits per heavy atom. The Morgan fingerprint density at radius 3 is 2.29 bits per heavy atom. The third-order valence-corrected chi connectivity index (χ3v) is 6.08. The van der Waals surface area contributed by atoms with Gasteiger partial charge in [-0.25, -0.2) is 8.42 Å². The molecule has 1 heterocycles. The van der Waals surface area contributed by atoms with E-state index in [-0.39, 0.29) is 17.8 Å². The average Bonchev–Trinajstić information content (AvgIpc) is 2.97. The molecule has 5 nitrogen and oxygen atoms in total. The molecule has 1 amide bonds. The molecule has 148 valence electrons. The highest BCUT2D eigenvalue weighted by Crippen LogP contribution is 2.27. The lowest BCUT2D eigenvalue weighted by Gasteiger charge is -2.28. The fourth-order valence-corrected chi connectivity index (χ4v) is 4.41. The van der Waals surface area contributed by atoms with Crippen LogP contribution < -0.4 is 9.64 Å². The standard InChI is InChI=1S/C22H25NO4S/c1-15(2)27-21-9-6-18(7-10-21)22(24)23(20-11-12-28(25,26)14-20)19-8-5-16(3)17(4)13-19/h5-13,15,20H,14H2,1-4H3/t20-/m1/s1. The summed E-state index contributed by atoms with van der Waals surface area (Å²) in [5.41, 5.74) is 3.32. The van der Waals surface area contributed by atoms with Crippen molar-refractivity contribution in [3.8, 4) is 5.75 Å². The van der Waals surface area contributed by atoms with E-state index < -0.39 is 15.9 Å². The molecule has 0 aliphatic carbocycles. The number of benzene rings is 2.